The molecule has 2 aromatic rings. The summed E-state index contributed by atoms with van der Waals surface area (Å²) in [6.07, 6.45) is 1.99. The molecule has 5 heteroatoms. The van der Waals surface area contributed by atoms with Gasteiger partial charge in [-0.2, -0.15) is 0 Å². The van der Waals surface area contributed by atoms with Crippen molar-refractivity contribution >= 4 is 22.6 Å². The van der Waals surface area contributed by atoms with Crippen molar-refractivity contribution in [2.75, 3.05) is 0 Å². The molecule has 0 spiro atoms. The van der Waals surface area contributed by atoms with Crippen LogP contribution in [0, 0.1) is 17.6 Å². The second-order valence-electron chi connectivity index (χ2n) is 5.10. The molecule has 0 fully saturated rings. The highest BCUT2D eigenvalue weighted by Crippen LogP contribution is 2.31. The number of hydrogen-bond acceptors (Lipinski definition) is 1. The predicted octanol–water partition coefficient (Wildman–Crippen LogP) is 5.05. The zero-order valence-electron chi connectivity index (χ0n) is 12.0. The first-order valence-corrected chi connectivity index (χ1v) is 7.48. The Morgan fingerprint density at radius 1 is 1.25 bits per heavy atom. The van der Waals surface area contributed by atoms with Gasteiger partial charge < -0.3 is 4.57 Å². The minimum atomic E-state index is -0.637. The number of hydrogen-bond donors (Lipinski definition) is 0. The van der Waals surface area contributed by atoms with Crippen molar-refractivity contribution in [3.05, 3.63) is 29.6 Å². The maximum atomic E-state index is 13.8. The molecule has 0 radical (unpaired) electrons. The van der Waals surface area contributed by atoms with Gasteiger partial charge in [0.2, 0.25) is 0 Å². The maximum absolute atomic E-state index is 13.8. The number of aromatic nitrogens is 2. The minimum absolute atomic E-state index is 0.102. The van der Waals surface area contributed by atoms with Gasteiger partial charge in [-0.25, -0.2) is 13.8 Å². The number of fused-ring (bicyclic) bond motifs is 1. The van der Waals surface area contributed by atoms with Crippen LogP contribution in [0.1, 0.15) is 45.5 Å². The molecule has 1 atom stereocenters. The van der Waals surface area contributed by atoms with Crippen LogP contribution in [0.25, 0.3) is 11.0 Å². The van der Waals surface area contributed by atoms with Crippen LogP contribution in [-0.2, 0) is 5.88 Å². The fourth-order valence-corrected chi connectivity index (χ4v) is 3.09. The second kappa shape index (κ2) is 6.08. The molecule has 20 heavy (non-hydrogen) atoms. The lowest BCUT2D eigenvalue weighted by Gasteiger charge is -2.25. The van der Waals surface area contributed by atoms with Crippen LogP contribution in [0.5, 0.6) is 0 Å². The van der Waals surface area contributed by atoms with Crippen LogP contribution in [0.4, 0.5) is 8.78 Å². The smallest absolute Gasteiger partial charge is 0.153 e. The maximum Gasteiger partial charge on any atom is 0.153 e. The molecule has 110 valence electrons. The minimum Gasteiger partial charge on any atom is -0.324 e. The van der Waals surface area contributed by atoms with Crippen molar-refractivity contribution in [1.82, 2.24) is 9.55 Å². The fourth-order valence-electron chi connectivity index (χ4n) is 2.90. The number of rotatable bonds is 5. The molecular formula is C15H19ClF2N2. The standard InChI is InChI=1S/C15H19ClF2N2/c1-4-10(5-2)9(3)20-13-7-11(17)6-12(18)15(13)19-14(20)8-16/h6-7,9-10H,4-5,8H2,1-3H3. The van der Waals surface area contributed by atoms with E-state index in [0.717, 1.165) is 18.9 Å². The van der Waals surface area contributed by atoms with Gasteiger partial charge in [0, 0.05) is 12.1 Å². The summed E-state index contributed by atoms with van der Waals surface area (Å²) in [7, 11) is 0. The third kappa shape index (κ3) is 2.53. The summed E-state index contributed by atoms with van der Waals surface area (Å²) < 4.78 is 29.2. The van der Waals surface area contributed by atoms with Gasteiger partial charge in [-0.1, -0.05) is 26.7 Å². The highest BCUT2D eigenvalue weighted by molar-refractivity contribution is 6.16. The Morgan fingerprint density at radius 3 is 2.45 bits per heavy atom. The Morgan fingerprint density at radius 2 is 1.90 bits per heavy atom. The number of alkyl halides is 1. The highest BCUT2D eigenvalue weighted by atomic mass is 35.5. The van der Waals surface area contributed by atoms with Crippen LogP contribution >= 0.6 is 11.6 Å². The van der Waals surface area contributed by atoms with Gasteiger partial charge in [-0.3, -0.25) is 0 Å². The molecule has 0 N–H and O–H groups in total. The van der Waals surface area contributed by atoms with Crippen LogP contribution in [-0.4, -0.2) is 9.55 Å². The lowest BCUT2D eigenvalue weighted by atomic mass is 9.95. The zero-order chi connectivity index (χ0) is 14.9. The van der Waals surface area contributed by atoms with Crippen molar-refractivity contribution in [2.45, 2.75) is 45.5 Å². The number of nitrogens with zero attached hydrogens (tertiary/aromatic N) is 2. The molecule has 0 saturated carbocycles. The Kier molecular flexibility index (Phi) is 4.63. The quantitative estimate of drug-likeness (QED) is 0.706. The number of imidazole rings is 1. The largest absolute Gasteiger partial charge is 0.324 e. The summed E-state index contributed by atoms with van der Waals surface area (Å²) in [4.78, 5) is 4.23. The van der Waals surface area contributed by atoms with Gasteiger partial charge in [0.25, 0.3) is 0 Å². The summed E-state index contributed by atoms with van der Waals surface area (Å²) in [5.74, 6) is -0.0395. The van der Waals surface area contributed by atoms with E-state index in [2.05, 4.69) is 25.8 Å². The first kappa shape index (κ1) is 15.2. The van der Waals surface area contributed by atoms with E-state index in [1.807, 2.05) is 4.57 Å². The topological polar surface area (TPSA) is 17.8 Å². The number of benzene rings is 1. The SMILES string of the molecule is CCC(CC)C(C)n1c(CCl)nc2c(F)cc(F)cc21. The van der Waals surface area contributed by atoms with Crippen molar-refractivity contribution in [3.8, 4) is 0 Å². The monoisotopic (exact) mass is 300 g/mol. The molecule has 1 heterocycles. The van der Waals surface area contributed by atoms with E-state index in [1.54, 1.807) is 0 Å². The molecule has 0 aliphatic rings. The number of halogens is 3. The highest BCUT2D eigenvalue weighted by Gasteiger charge is 2.22. The van der Waals surface area contributed by atoms with Gasteiger partial charge in [0.1, 0.15) is 17.2 Å². The van der Waals surface area contributed by atoms with Crippen molar-refractivity contribution in [3.63, 3.8) is 0 Å². The molecule has 1 aromatic heterocycles. The van der Waals surface area contributed by atoms with Crippen molar-refractivity contribution < 1.29 is 8.78 Å². The summed E-state index contributed by atoms with van der Waals surface area (Å²) in [5.41, 5.74) is 0.678. The Hall–Kier alpha value is -1.16. The van der Waals surface area contributed by atoms with Crippen molar-refractivity contribution in [1.29, 1.82) is 0 Å². The predicted molar refractivity (Wildman–Crippen MR) is 78.0 cm³/mol. The first-order chi connectivity index (χ1) is 9.53. The van der Waals surface area contributed by atoms with Crippen LogP contribution in [0.2, 0.25) is 0 Å². The van der Waals surface area contributed by atoms with Gasteiger partial charge in [-0.05, 0) is 18.9 Å². The lowest BCUT2D eigenvalue weighted by Crippen LogP contribution is -2.17. The average Bonchev–Trinajstić information content (AvgIpc) is 2.78. The summed E-state index contributed by atoms with van der Waals surface area (Å²) in [6, 6.07) is 2.30. The molecule has 2 rings (SSSR count). The normalized spacial score (nSPS) is 13.3. The molecule has 1 aromatic carbocycles. The summed E-state index contributed by atoms with van der Waals surface area (Å²) >= 11 is 5.93. The Bertz CT molecular complexity index is 605. The molecule has 0 aliphatic carbocycles. The van der Waals surface area contributed by atoms with E-state index in [-0.39, 0.29) is 17.4 Å². The van der Waals surface area contributed by atoms with E-state index >= 15 is 0 Å². The third-order valence-electron chi connectivity index (χ3n) is 4.04. The van der Waals surface area contributed by atoms with E-state index in [0.29, 0.717) is 17.3 Å². The Balaban J connectivity index is 2.66. The molecular weight excluding hydrogens is 282 g/mol. The Labute approximate surface area is 122 Å². The average molecular weight is 301 g/mol. The zero-order valence-corrected chi connectivity index (χ0v) is 12.7. The third-order valence-corrected chi connectivity index (χ3v) is 4.28. The van der Waals surface area contributed by atoms with Crippen LogP contribution in [0.15, 0.2) is 12.1 Å². The molecule has 0 bridgehead atoms. The van der Waals surface area contributed by atoms with Gasteiger partial charge >= 0.3 is 0 Å². The fraction of sp³-hybridized carbons (Fsp3) is 0.533. The molecule has 0 aliphatic heterocycles. The lowest BCUT2D eigenvalue weighted by molar-refractivity contribution is 0.334. The molecule has 2 nitrogen and oxygen atoms in total. The molecule has 0 saturated heterocycles. The molecule has 1 unspecified atom stereocenters. The summed E-state index contributed by atoms with van der Waals surface area (Å²) in [5, 5.41) is 0. The molecule has 0 amide bonds. The van der Waals surface area contributed by atoms with Crippen LogP contribution in [0.3, 0.4) is 0 Å². The van der Waals surface area contributed by atoms with E-state index in [4.69, 9.17) is 11.6 Å². The first-order valence-electron chi connectivity index (χ1n) is 6.95. The van der Waals surface area contributed by atoms with Gasteiger partial charge in [0.15, 0.2) is 5.82 Å². The van der Waals surface area contributed by atoms with Gasteiger partial charge in [-0.15, -0.1) is 11.6 Å². The van der Waals surface area contributed by atoms with E-state index in [9.17, 15) is 8.78 Å². The van der Waals surface area contributed by atoms with E-state index < -0.39 is 11.6 Å². The summed E-state index contributed by atoms with van der Waals surface area (Å²) in [6.45, 7) is 6.29. The van der Waals surface area contributed by atoms with Crippen LogP contribution < -0.4 is 0 Å². The van der Waals surface area contributed by atoms with Crippen molar-refractivity contribution in [2.24, 2.45) is 5.92 Å². The second-order valence-corrected chi connectivity index (χ2v) is 5.37. The van der Waals surface area contributed by atoms with Gasteiger partial charge in [0.05, 0.1) is 11.4 Å². The van der Waals surface area contributed by atoms with E-state index in [1.165, 1.54) is 6.07 Å².